The van der Waals surface area contributed by atoms with Gasteiger partial charge in [0.2, 0.25) is 0 Å². The van der Waals surface area contributed by atoms with Crippen molar-refractivity contribution in [2.75, 3.05) is 18.4 Å². The number of nitrogens with zero attached hydrogens (tertiary/aromatic N) is 1. The minimum Gasteiger partial charge on any atom is -0.332 e. The first kappa shape index (κ1) is 18.6. The first-order valence-corrected chi connectivity index (χ1v) is 10.0. The number of nitrogens with one attached hydrogen (secondary N) is 2. The van der Waals surface area contributed by atoms with Crippen LogP contribution in [-0.4, -0.2) is 29.0 Å². The molecule has 1 saturated heterocycles. The number of anilines is 1. The van der Waals surface area contributed by atoms with Gasteiger partial charge in [-0.25, -0.2) is 0 Å². The van der Waals surface area contributed by atoms with Crippen LogP contribution in [0.1, 0.15) is 28.8 Å². The molecule has 4 nitrogen and oxygen atoms in total. The minimum atomic E-state index is -0.208. The Bertz CT molecular complexity index is 989. The Hall–Kier alpha value is -2.76. The number of benzene rings is 3. The predicted molar refractivity (Wildman–Crippen MR) is 119 cm³/mol. The second-order valence-corrected chi connectivity index (χ2v) is 7.52. The molecule has 3 aromatic carbocycles. The number of hydrogen-bond acceptors (Lipinski definition) is 3. The van der Waals surface area contributed by atoms with E-state index in [0.29, 0.717) is 10.7 Å². The minimum absolute atomic E-state index is 0.208. The van der Waals surface area contributed by atoms with Crippen molar-refractivity contribution in [2.24, 2.45) is 0 Å². The molecular weight excluding hydrogens is 366 g/mol. The Morgan fingerprint density at radius 3 is 2.43 bits per heavy atom. The fourth-order valence-corrected chi connectivity index (χ4v) is 3.86. The number of carbonyl (C=O) groups excluding carboxylic acids is 1. The highest BCUT2D eigenvalue weighted by Gasteiger charge is 2.13. The van der Waals surface area contributed by atoms with Crippen LogP contribution >= 0.6 is 12.2 Å². The largest absolute Gasteiger partial charge is 0.332 e. The molecule has 0 spiro atoms. The van der Waals surface area contributed by atoms with Gasteiger partial charge in [-0.2, -0.15) is 0 Å². The van der Waals surface area contributed by atoms with Crippen molar-refractivity contribution in [1.29, 1.82) is 0 Å². The van der Waals surface area contributed by atoms with E-state index in [1.54, 1.807) is 0 Å². The fourth-order valence-electron chi connectivity index (χ4n) is 3.65. The molecule has 1 aliphatic rings. The van der Waals surface area contributed by atoms with Gasteiger partial charge in [-0.15, -0.1) is 0 Å². The van der Waals surface area contributed by atoms with Crippen LogP contribution < -0.4 is 10.6 Å². The maximum atomic E-state index is 12.7. The molecular formula is C23H23N3OS. The number of hydrogen-bond donors (Lipinski definition) is 2. The Morgan fingerprint density at radius 1 is 0.929 bits per heavy atom. The zero-order chi connectivity index (χ0) is 19.3. The first-order chi connectivity index (χ1) is 13.7. The Morgan fingerprint density at radius 2 is 1.64 bits per heavy atom. The lowest BCUT2D eigenvalue weighted by Crippen LogP contribution is -2.34. The summed E-state index contributed by atoms with van der Waals surface area (Å²) < 4.78 is 0. The summed E-state index contributed by atoms with van der Waals surface area (Å²) in [6, 6.07) is 21.7. The van der Waals surface area contributed by atoms with Crippen molar-refractivity contribution >= 4 is 39.7 Å². The van der Waals surface area contributed by atoms with Crippen LogP contribution in [0, 0.1) is 0 Å². The van der Waals surface area contributed by atoms with Gasteiger partial charge in [0.15, 0.2) is 5.11 Å². The molecule has 0 bridgehead atoms. The third kappa shape index (κ3) is 4.38. The quantitative estimate of drug-likeness (QED) is 0.642. The topological polar surface area (TPSA) is 44.4 Å². The van der Waals surface area contributed by atoms with Crippen LogP contribution in [0.15, 0.2) is 66.7 Å². The average Bonchev–Trinajstić information content (AvgIpc) is 3.22. The summed E-state index contributed by atoms with van der Waals surface area (Å²) >= 11 is 5.33. The van der Waals surface area contributed by atoms with E-state index in [0.717, 1.165) is 23.0 Å². The van der Waals surface area contributed by atoms with E-state index < -0.39 is 0 Å². The lowest BCUT2D eigenvalue weighted by molar-refractivity contribution is 0.0979. The molecule has 0 radical (unpaired) electrons. The van der Waals surface area contributed by atoms with Gasteiger partial charge < -0.3 is 5.32 Å². The van der Waals surface area contributed by atoms with Crippen LogP contribution in [0.4, 0.5) is 5.69 Å². The Labute approximate surface area is 170 Å². The molecule has 1 amide bonds. The van der Waals surface area contributed by atoms with E-state index in [-0.39, 0.29) is 5.91 Å². The molecule has 0 saturated carbocycles. The molecule has 3 aromatic rings. The van der Waals surface area contributed by atoms with Gasteiger partial charge in [-0.3, -0.25) is 15.0 Å². The summed E-state index contributed by atoms with van der Waals surface area (Å²) in [5, 5.41) is 8.12. The lowest BCUT2D eigenvalue weighted by atomic mass is 10.0. The van der Waals surface area contributed by atoms with Gasteiger partial charge in [0, 0.05) is 17.8 Å². The highest BCUT2D eigenvalue weighted by Crippen LogP contribution is 2.19. The number of carbonyl (C=O) groups is 1. The van der Waals surface area contributed by atoms with E-state index in [2.05, 4.69) is 27.7 Å². The first-order valence-electron chi connectivity index (χ1n) is 9.60. The number of rotatable bonds is 4. The molecule has 1 heterocycles. The highest BCUT2D eigenvalue weighted by molar-refractivity contribution is 7.80. The van der Waals surface area contributed by atoms with Crippen molar-refractivity contribution in [3.63, 3.8) is 0 Å². The molecule has 1 fully saturated rings. The van der Waals surface area contributed by atoms with Crippen molar-refractivity contribution in [1.82, 2.24) is 10.2 Å². The second-order valence-electron chi connectivity index (χ2n) is 7.12. The van der Waals surface area contributed by atoms with Crippen molar-refractivity contribution < 1.29 is 4.79 Å². The van der Waals surface area contributed by atoms with Gasteiger partial charge in [0.1, 0.15) is 0 Å². The van der Waals surface area contributed by atoms with Crippen LogP contribution in [-0.2, 0) is 6.54 Å². The maximum Gasteiger partial charge on any atom is 0.258 e. The summed E-state index contributed by atoms with van der Waals surface area (Å²) in [5.74, 6) is -0.208. The van der Waals surface area contributed by atoms with E-state index >= 15 is 0 Å². The number of fused-ring (bicyclic) bond motifs is 1. The third-order valence-electron chi connectivity index (χ3n) is 5.08. The van der Waals surface area contributed by atoms with Gasteiger partial charge >= 0.3 is 0 Å². The zero-order valence-corrected chi connectivity index (χ0v) is 16.5. The van der Waals surface area contributed by atoms with Crippen LogP contribution in [0.5, 0.6) is 0 Å². The predicted octanol–water partition coefficient (Wildman–Crippen LogP) is 4.56. The van der Waals surface area contributed by atoms with Gasteiger partial charge in [-0.05, 0) is 72.7 Å². The van der Waals surface area contributed by atoms with Crippen molar-refractivity contribution in [2.45, 2.75) is 19.4 Å². The molecule has 0 aromatic heterocycles. The molecule has 0 unspecified atom stereocenters. The summed E-state index contributed by atoms with van der Waals surface area (Å²) in [7, 11) is 0. The number of amides is 1. The van der Waals surface area contributed by atoms with Crippen molar-refractivity contribution in [3.05, 3.63) is 77.9 Å². The Kier molecular flexibility index (Phi) is 5.65. The normalized spacial score (nSPS) is 14.1. The standard InChI is InChI=1S/C23H23N3OS/c27-22(21-9-5-7-18-6-1-2-8-20(18)21)25-23(28)24-19-12-10-17(11-13-19)16-26-14-3-4-15-26/h1-2,5-13H,3-4,14-16H2,(H2,24,25,27,28). The van der Waals surface area contributed by atoms with Crippen LogP contribution in [0.25, 0.3) is 10.8 Å². The fraction of sp³-hybridized carbons (Fsp3) is 0.217. The van der Waals surface area contributed by atoms with E-state index in [1.807, 2.05) is 54.6 Å². The molecule has 2 N–H and O–H groups in total. The highest BCUT2D eigenvalue weighted by atomic mass is 32.1. The summed E-state index contributed by atoms with van der Waals surface area (Å²) in [6.45, 7) is 3.36. The number of thiocarbonyl (C=S) groups is 1. The van der Waals surface area contributed by atoms with E-state index in [4.69, 9.17) is 12.2 Å². The second kappa shape index (κ2) is 8.50. The van der Waals surface area contributed by atoms with Crippen molar-refractivity contribution in [3.8, 4) is 0 Å². The van der Waals surface area contributed by atoms with Gasteiger partial charge in [-0.1, -0.05) is 48.5 Å². The average molecular weight is 390 g/mol. The molecule has 28 heavy (non-hydrogen) atoms. The smallest absolute Gasteiger partial charge is 0.258 e. The monoisotopic (exact) mass is 389 g/mol. The van der Waals surface area contributed by atoms with Crippen LogP contribution in [0.2, 0.25) is 0 Å². The molecule has 0 atom stereocenters. The third-order valence-corrected chi connectivity index (χ3v) is 5.28. The molecule has 0 aliphatic carbocycles. The summed E-state index contributed by atoms with van der Waals surface area (Å²) in [6.07, 6.45) is 2.59. The summed E-state index contributed by atoms with van der Waals surface area (Å²) in [5.41, 5.74) is 2.77. The molecule has 142 valence electrons. The van der Waals surface area contributed by atoms with Gasteiger partial charge in [0.25, 0.3) is 5.91 Å². The van der Waals surface area contributed by atoms with E-state index in [1.165, 1.54) is 31.5 Å². The summed E-state index contributed by atoms with van der Waals surface area (Å²) in [4.78, 5) is 15.1. The SMILES string of the molecule is O=C(NC(=S)Nc1ccc(CN2CCCC2)cc1)c1cccc2ccccc12. The Balaban J connectivity index is 1.37. The zero-order valence-electron chi connectivity index (χ0n) is 15.7. The van der Waals surface area contributed by atoms with Gasteiger partial charge in [0.05, 0.1) is 0 Å². The molecule has 4 rings (SSSR count). The van der Waals surface area contributed by atoms with Crippen LogP contribution in [0.3, 0.4) is 0 Å². The molecule has 5 heteroatoms. The lowest BCUT2D eigenvalue weighted by Gasteiger charge is -2.15. The number of likely N-dealkylation sites (tertiary alicyclic amines) is 1. The molecule has 1 aliphatic heterocycles. The van der Waals surface area contributed by atoms with E-state index in [9.17, 15) is 4.79 Å². The maximum absolute atomic E-state index is 12.7.